The average molecular weight is 536 g/mol. The molecule has 0 saturated heterocycles. The van der Waals surface area contributed by atoms with E-state index in [4.69, 9.17) is 5.73 Å². The minimum Gasteiger partial charge on any atom is -0.368 e. The number of amides is 4. The molecule has 3 aliphatic rings. The summed E-state index contributed by atoms with van der Waals surface area (Å²) >= 11 is 0. The monoisotopic (exact) mass is 535 g/mol. The number of aromatic nitrogens is 3. The largest absolute Gasteiger partial charge is 0.368 e. The van der Waals surface area contributed by atoms with Gasteiger partial charge in [0.1, 0.15) is 23.2 Å². The van der Waals surface area contributed by atoms with Crippen molar-refractivity contribution in [3.05, 3.63) is 70.3 Å². The molecular weight excluding hydrogens is 509 g/mol. The number of halogens is 1. The van der Waals surface area contributed by atoms with Gasteiger partial charge in [-0.2, -0.15) is 5.10 Å². The lowest BCUT2D eigenvalue weighted by atomic mass is 9.51. The summed E-state index contributed by atoms with van der Waals surface area (Å²) in [6, 6.07) is 7.39. The molecule has 0 aliphatic heterocycles. The Morgan fingerprint density at radius 2 is 1.69 bits per heavy atom. The fraction of sp³-hybridized carbons (Fsp3) is 0.385. The van der Waals surface area contributed by atoms with Crippen LogP contribution in [-0.2, 0) is 16.1 Å². The van der Waals surface area contributed by atoms with Crippen molar-refractivity contribution in [2.24, 2.45) is 21.7 Å². The van der Waals surface area contributed by atoms with Crippen LogP contribution in [0, 0.1) is 21.6 Å². The summed E-state index contributed by atoms with van der Waals surface area (Å²) in [4.78, 5) is 66.3. The average Bonchev–Trinajstić information content (AvgIpc) is 3.44. The number of fused-ring (bicyclic) bond motifs is 4. The molecule has 3 fully saturated rings. The number of hydrogen-bond acceptors (Lipinski definition) is 7. The number of primary amides is 1. The standard InChI is InChI=1S/C26H26FN7O5/c27-16-3-1-15(2-4-16)14-29-22(36)17-13-18(34-19(31-17)5-12-30-34)23(37)32-20(21(28)35)25-6-9-26(10-7-25,11-8-25)24(38)33-39/h1-5,12-13,20H,6-11,14H2,(H2,28,35)(H,29,36)(H,32,37). The number of nitrogens with two attached hydrogens (primary N) is 1. The molecule has 4 amide bonds. The third-order valence-electron chi connectivity index (χ3n) is 8.20. The highest BCUT2D eigenvalue weighted by Gasteiger charge is 2.57. The number of nitrogens with one attached hydrogen (secondary N) is 2. The molecule has 202 valence electrons. The predicted octanol–water partition coefficient (Wildman–Crippen LogP) is 2.02. The Hall–Kier alpha value is -4.55. The van der Waals surface area contributed by atoms with Crippen LogP contribution < -0.4 is 16.4 Å². The Balaban J connectivity index is 1.37. The van der Waals surface area contributed by atoms with Gasteiger partial charge in [0.05, 0.1) is 11.6 Å². The Bertz CT molecular complexity index is 1460. The van der Waals surface area contributed by atoms with Gasteiger partial charge < -0.3 is 16.4 Å². The van der Waals surface area contributed by atoms with E-state index < -0.39 is 46.3 Å². The zero-order valence-electron chi connectivity index (χ0n) is 20.9. The minimum absolute atomic E-state index is 0.0270. The lowest BCUT2D eigenvalue weighted by molar-refractivity contribution is -0.140. The highest BCUT2D eigenvalue weighted by atomic mass is 19.1. The summed E-state index contributed by atoms with van der Waals surface area (Å²) in [6.45, 7) is 0.114. The maximum Gasteiger partial charge on any atom is 0.292 e. The smallest absolute Gasteiger partial charge is 0.292 e. The Kier molecular flexibility index (Phi) is 6.66. The van der Waals surface area contributed by atoms with Gasteiger partial charge in [-0.15, -0.1) is 4.91 Å². The molecule has 3 saturated carbocycles. The van der Waals surface area contributed by atoms with Gasteiger partial charge in [0.15, 0.2) is 5.65 Å². The highest BCUT2D eigenvalue weighted by Crippen LogP contribution is 2.58. The van der Waals surface area contributed by atoms with Crippen molar-refractivity contribution < 1.29 is 23.6 Å². The lowest BCUT2D eigenvalue weighted by Crippen LogP contribution is -2.60. The van der Waals surface area contributed by atoms with Crippen LogP contribution in [0.25, 0.3) is 5.65 Å². The molecule has 12 nitrogen and oxygen atoms in total. The third kappa shape index (κ3) is 4.75. The van der Waals surface area contributed by atoms with Crippen molar-refractivity contribution in [3.63, 3.8) is 0 Å². The molecule has 0 radical (unpaired) electrons. The summed E-state index contributed by atoms with van der Waals surface area (Å²) in [5, 5.41) is 12.2. The van der Waals surface area contributed by atoms with Crippen LogP contribution >= 0.6 is 0 Å². The maximum atomic E-state index is 13.5. The van der Waals surface area contributed by atoms with Gasteiger partial charge in [0.25, 0.3) is 17.7 Å². The van der Waals surface area contributed by atoms with Crippen molar-refractivity contribution in [2.75, 3.05) is 0 Å². The van der Waals surface area contributed by atoms with Gasteiger partial charge in [0, 0.05) is 23.9 Å². The van der Waals surface area contributed by atoms with Crippen LogP contribution in [0.2, 0.25) is 0 Å². The van der Waals surface area contributed by atoms with Crippen LogP contribution in [0.3, 0.4) is 0 Å². The van der Waals surface area contributed by atoms with Crippen molar-refractivity contribution in [2.45, 2.75) is 51.1 Å². The summed E-state index contributed by atoms with van der Waals surface area (Å²) in [7, 11) is 0. The van der Waals surface area contributed by atoms with Crippen molar-refractivity contribution in [1.29, 1.82) is 0 Å². The van der Waals surface area contributed by atoms with E-state index in [1.54, 1.807) is 0 Å². The summed E-state index contributed by atoms with van der Waals surface area (Å²) in [5.41, 5.74) is 5.11. The maximum absolute atomic E-state index is 13.5. The molecular formula is C26H26FN7O5. The third-order valence-corrected chi connectivity index (χ3v) is 8.20. The summed E-state index contributed by atoms with van der Waals surface area (Å²) < 4.78 is 14.4. The van der Waals surface area contributed by atoms with Gasteiger partial charge in [-0.3, -0.25) is 19.2 Å². The molecule has 2 heterocycles. The van der Waals surface area contributed by atoms with Crippen LogP contribution in [0.5, 0.6) is 0 Å². The first kappa shape index (κ1) is 26.1. The molecule has 2 aromatic heterocycles. The Morgan fingerprint density at radius 1 is 1.03 bits per heavy atom. The van der Waals surface area contributed by atoms with E-state index in [0.29, 0.717) is 44.1 Å². The lowest BCUT2D eigenvalue weighted by Gasteiger charge is -2.53. The second-order valence-corrected chi connectivity index (χ2v) is 10.3. The van der Waals surface area contributed by atoms with E-state index in [9.17, 15) is 28.5 Å². The summed E-state index contributed by atoms with van der Waals surface area (Å²) in [6.07, 6.45) is 3.84. The topological polar surface area (TPSA) is 178 Å². The van der Waals surface area contributed by atoms with E-state index >= 15 is 0 Å². The number of nitrogens with zero attached hydrogens (tertiary/aromatic N) is 4. The second kappa shape index (κ2) is 9.97. The number of carbonyl (C=O) groups excluding carboxylic acids is 4. The van der Waals surface area contributed by atoms with Gasteiger partial charge in [-0.25, -0.2) is 13.9 Å². The summed E-state index contributed by atoms with van der Waals surface area (Å²) in [5.74, 6) is -3.02. The number of benzene rings is 1. The molecule has 13 heteroatoms. The first-order valence-corrected chi connectivity index (χ1v) is 12.5. The van der Waals surface area contributed by atoms with Crippen LogP contribution in [0.4, 0.5) is 4.39 Å². The van der Waals surface area contributed by atoms with Gasteiger partial charge in [0.2, 0.25) is 5.91 Å². The van der Waals surface area contributed by atoms with Crippen LogP contribution in [0.15, 0.2) is 47.8 Å². The van der Waals surface area contributed by atoms with E-state index in [0.717, 1.165) is 0 Å². The molecule has 1 atom stereocenters. The molecule has 6 rings (SSSR count). The first-order chi connectivity index (χ1) is 18.7. The quantitative estimate of drug-likeness (QED) is 0.369. The minimum atomic E-state index is -1.04. The number of nitroso groups, excluding NO2 is 1. The van der Waals surface area contributed by atoms with Crippen LogP contribution in [-0.4, -0.2) is 44.3 Å². The molecule has 1 unspecified atom stereocenters. The van der Waals surface area contributed by atoms with Gasteiger partial charge in [-0.1, -0.05) is 12.1 Å². The predicted molar refractivity (Wildman–Crippen MR) is 134 cm³/mol. The highest BCUT2D eigenvalue weighted by molar-refractivity contribution is 6.00. The van der Waals surface area contributed by atoms with E-state index in [-0.39, 0.29) is 23.6 Å². The molecule has 3 aliphatic carbocycles. The second-order valence-electron chi connectivity index (χ2n) is 10.3. The zero-order chi connectivity index (χ0) is 27.8. The first-order valence-electron chi connectivity index (χ1n) is 12.5. The van der Waals surface area contributed by atoms with Gasteiger partial charge in [-0.05, 0) is 61.6 Å². The number of carbonyl (C=O) groups is 4. The fourth-order valence-corrected chi connectivity index (χ4v) is 5.86. The van der Waals surface area contributed by atoms with Crippen LogP contribution in [0.1, 0.15) is 65.1 Å². The van der Waals surface area contributed by atoms with Crippen molar-refractivity contribution in [1.82, 2.24) is 25.2 Å². The Morgan fingerprint density at radius 3 is 2.31 bits per heavy atom. The molecule has 4 N–H and O–H groups in total. The molecule has 39 heavy (non-hydrogen) atoms. The normalized spacial score (nSPS) is 22.7. The van der Waals surface area contributed by atoms with Gasteiger partial charge >= 0.3 is 0 Å². The zero-order valence-corrected chi connectivity index (χ0v) is 20.9. The van der Waals surface area contributed by atoms with E-state index in [2.05, 4.69) is 25.9 Å². The number of hydrogen-bond donors (Lipinski definition) is 3. The molecule has 1 aromatic carbocycles. The molecule has 2 bridgehead atoms. The SMILES string of the molecule is NC(=O)C(NC(=O)c1cc(C(=O)NCc2ccc(F)cc2)nc2ccnn12)C12CCC(C(=O)N=O)(CC1)CC2. The molecule has 3 aromatic rings. The van der Waals surface area contributed by atoms with Crippen molar-refractivity contribution in [3.8, 4) is 0 Å². The van der Waals surface area contributed by atoms with E-state index in [1.807, 2.05) is 0 Å². The number of rotatable bonds is 8. The van der Waals surface area contributed by atoms with Crippen molar-refractivity contribution >= 4 is 29.3 Å². The Labute approximate surface area is 221 Å². The molecule has 0 spiro atoms. The fourth-order valence-electron chi connectivity index (χ4n) is 5.86. The van der Waals surface area contributed by atoms with E-state index in [1.165, 1.54) is 47.1 Å².